The van der Waals surface area contributed by atoms with Crippen LogP contribution in [0.15, 0.2) is 18.2 Å². The van der Waals surface area contributed by atoms with Gasteiger partial charge in [-0.05, 0) is 51.1 Å². The van der Waals surface area contributed by atoms with E-state index in [2.05, 4.69) is 17.1 Å². The Morgan fingerprint density at radius 2 is 2.00 bits per heavy atom. The molecule has 1 heterocycles. The van der Waals surface area contributed by atoms with Gasteiger partial charge in [-0.25, -0.2) is 0 Å². The van der Waals surface area contributed by atoms with Gasteiger partial charge >= 0.3 is 0 Å². The van der Waals surface area contributed by atoms with Gasteiger partial charge in [0.05, 0.1) is 10.7 Å². The van der Waals surface area contributed by atoms with Crippen LogP contribution in [-0.2, 0) is 4.79 Å². The molecule has 1 atom stereocenters. The highest BCUT2D eigenvalue weighted by Gasteiger charge is 2.19. The van der Waals surface area contributed by atoms with Gasteiger partial charge in [-0.3, -0.25) is 4.79 Å². The van der Waals surface area contributed by atoms with Crippen molar-refractivity contribution in [3.05, 3.63) is 28.2 Å². The van der Waals surface area contributed by atoms with E-state index >= 15 is 0 Å². The minimum atomic E-state index is -0.00713. The molecule has 1 fully saturated rings. The molecule has 20 heavy (non-hydrogen) atoms. The van der Waals surface area contributed by atoms with Gasteiger partial charge < -0.3 is 10.2 Å². The number of hydrogen-bond acceptors (Lipinski definition) is 2. The SMILES string of the molecule is C[C@@H](CC(=O)Nc1ccc(Cl)cc1Cl)N1CCCCC1. The standard InChI is InChI=1S/C15H20Cl2N2O/c1-11(19-7-3-2-4-8-19)9-15(20)18-14-6-5-12(16)10-13(14)17/h5-6,10-11H,2-4,7-9H2,1H3,(H,18,20)/t11-/m0/s1. The summed E-state index contributed by atoms with van der Waals surface area (Å²) in [5, 5.41) is 3.88. The summed E-state index contributed by atoms with van der Waals surface area (Å²) in [7, 11) is 0. The lowest BCUT2D eigenvalue weighted by Crippen LogP contribution is -2.39. The van der Waals surface area contributed by atoms with E-state index in [0.717, 1.165) is 13.1 Å². The molecule has 110 valence electrons. The van der Waals surface area contributed by atoms with Crippen molar-refractivity contribution in [2.45, 2.75) is 38.6 Å². The van der Waals surface area contributed by atoms with Crippen LogP contribution in [0.1, 0.15) is 32.6 Å². The van der Waals surface area contributed by atoms with Crippen LogP contribution in [0, 0.1) is 0 Å². The molecule has 0 saturated carbocycles. The maximum Gasteiger partial charge on any atom is 0.225 e. The van der Waals surface area contributed by atoms with Crippen LogP contribution in [0.3, 0.4) is 0 Å². The molecule has 5 heteroatoms. The van der Waals surface area contributed by atoms with Gasteiger partial charge in [0.15, 0.2) is 0 Å². The predicted molar refractivity (Wildman–Crippen MR) is 84.6 cm³/mol. The van der Waals surface area contributed by atoms with Crippen LogP contribution >= 0.6 is 23.2 Å². The minimum Gasteiger partial charge on any atom is -0.325 e. The fourth-order valence-corrected chi connectivity index (χ4v) is 3.00. The van der Waals surface area contributed by atoms with Crippen LogP contribution in [0.5, 0.6) is 0 Å². The second-order valence-electron chi connectivity index (χ2n) is 5.32. The number of carbonyl (C=O) groups excluding carboxylic acids is 1. The van der Waals surface area contributed by atoms with Crippen molar-refractivity contribution in [2.75, 3.05) is 18.4 Å². The van der Waals surface area contributed by atoms with E-state index in [9.17, 15) is 4.79 Å². The Hall–Kier alpha value is -0.770. The minimum absolute atomic E-state index is 0.00713. The average molecular weight is 315 g/mol. The number of likely N-dealkylation sites (tertiary alicyclic amines) is 1. The molecule has 0 aromatic heterocycles. The zero-order valence-electron chi connectivity index (χ0n) is 11.7. The number of halogens is 2. The number of amides is 1. The summed E-state index contributed by atoms with van der Waals surface area (Å²) in [4.78, 5) is 14.5. The molecule has 0 spiro atoms. The van der Waals surface area contributed by atoms with Crippen molar-refractivity contribution in [3.63, 3.8) is 0 Å². The Kier molecular flexibility index (Phi) is 5.70. The molecular formula is C15H20Cl2N2O. The Morgan fingerprint density at radius 3 is 2.65 bits per heavy atom. The molecule has 1 aliphatic heterocycles. The highest BCUT2D eigenvalue weighted by Crippen LogP contribution is 2.25. The fourth-order valence-electron chi connectivity index (χ4n) is 2.55. The average Bonchev–Trinajstić information content (AvgIpc) is 2.43. The molecule has 1 aromatic carbocycles. The maximum absolute atomic E-state index is 12.1. The first kappa shape index (κ1) is 15.6. The Labute approximate surface area is 130 Å². The quantitative estimate of drug-likeness (QED) is 0.903. The highest BCUT2D eigenvalue weighted by molar-refractivity contribution is 6.36. The summed E-state index contributed by atoms with van der Waals surface area (Å²) in [6, 6.07) is 5.35. The van der Waals surface area contributed by atoms with Gasteiger partial charge in [0, 0.05) is 17.5 Å². The molecule has 1 aliphatic rings. The van der Waals surface area contributed by atoms with Crippen molar-refractivity contribution in [2.24, 2.45) is 0 Å². The zero-order chi connectivity index (χ0) is 14.5. The monoisotopic (exact) mass is 314 g/mol. The van der Waals surface area contributed by atoms with Crippen LogP contribution in [0.4, 0.5) is 5.69 Å². The summed E-state index contributed by atoms with van der Waals surface area (Å²) >= 11 is 11.9. The lowest BCUT2D eigenvalue weighted by Gasteiger charge is -2.32. The number of hydrogen-bond donors (Lipinski definition) is 1. The van der Waals surface area contributed by atoms with Gasteiger partial charge in [0.25, 0.3) is 0 Å². The van der Waals surface area contributed by atoms with Crippen LogP contribution < -0.4 is 5.32 Å². The topological polar surface area (TPSA) is 32.3 Å². The molecule has 0 aliphatic carbocycles. The number of anilines is 1. The zero-order valence-corrected chi connectivity index (χ0v) is 13.2. The predicted octanol–water partition coefficient (Wildman–Crippen LogP) is 4.20. The summed E-state index contributed by atoms with van der Waals surface area (Å²) in [6.07, 6.45) is 4.25. The van der Waals surface area contributed by atoms with Gasteiger partial charge in [-0.1, -0.05) is 29.6 Å². The first-order valence-corrected chi connectivity index (χ1v) is 7.81. The highest BCUT2D eigenvalue weighted by atomic mass is 35.5. The van der Waals surface area contributed by atoms with Crippen molar-refractivity contribution < 1.29 is 4.79 Å². The van der Waals surface area contributed by atoms with Crippen molar-refractivity contribution >= 4 is 34.8 Å². The second-order valence-corrected chi connectivity index (χ2v) is 6.17. The molecule has 3 nitrogen and oxygen atoms in total. The first-order valence-electron chi connectivity index (χ1n) is 7.05. The number of piperidine rings is 1. The Balaban J connectivity index is 1.88. The Morgan fingerprint density at radius 1 is 1.30 bits per heavy atom. The molecular weight excluding hydrogens is 295 g/mol. The normalized spacial score (nSPS) is 17.8. The van der Waals surface area contributed by atoms with E-state index in [0.29, 0.717) is 22.2 Å². The first-order chi connectivity index (χ1) is 9.56. The van der Waals surface area contributed by atoms with Gasteiger partial charge in [-0.15, -0.1) is 0 Å². The van der Waals surface area contributed by atoms with E-state index in [1.54, 1.807) is 18.2 Å². The maximum atomic E-state index is 12.1. The number of carbonyl (C=O) groups is 1. The molecule has 1 aromatic rings. The second kappa shape index (κ2) is 7.30. The molecule has 0 radical (unpaired) electrons. The van der Waals surface area contributed by atoms with E-state index in [1.807, 2.05) is 0 Å². The molecule has 1 amide bonds. The summed E-state index contributed by atoms with van der Waals surface area (Å²) in [5.74, 6) is -0.00713. The summed E-state index contributed by atoms with van der Waals surface area (Å²) in [5.41, 5.74) is 0.618. The third-order valence-electron chi connectivity index (χ3n) is 3.70. The van der Waals surface area contributed by atoms with Gasteiger partial charge in [0.1, 0.15) is 0 Å². The number of nitrogens with zero attached hydrogens (tertiary/aromatic N) is 1. The number of nitrogens with one attached hydrogen (secondary N) is 1. The van der Waals surface area contributed by atoms with E-state index in [-0.39, 0.29) is 11.9 Å². The van der Waals surface area contributed by atoms with Crippen molar-refractivity contribution in [3.8, 4) is 0 Å². The summed E-state index contributed by atoms with van der Waals surface area (Å²) < 4.78 is 0. The number of rotatable bonds is 4. The fraction of sp³-hybridized carbons (Fsp3) is 0.533. The van der Waals surface area contributed by atoms with E-state index in [1.165, 1.54) is 19.3 Å². The third kappa shape index (κ3) is 4.37. The van der Waals surface area contributed by atoms with Crippen molar-refractivity contribution in [1.82, 2.24) is 4.90 Å². The molecule has 0 unspecified atom stereocenters. The molecule has 2 rings (SSSR count). The lowest BCUT2D eigenvalue weighted by molar-refractivity contribution is -0.117. The summed E-state index contributed by atoms with van der Waals surface area (Å²) in [6.45, 7) is 4.29. The van der Waals surface area contributed by atoms with E-state index < -0.39 is 0 Å². The molecule has 1 saturated heterocycles. The van der Waals surface area contributed by atoms with Crippen molar-refractivity contribution in [1.29, 1.82) is 0 Å². The van der Waals surface area contributed by atoms with Crippen LogP contribution in [0.2, 0.25) is 10.0 Å². The number of benzene rings is 1. The lowest BCUT2D eigenvalue weighted by atomic mass is 10.1. The van der Waals surface area contributed by atoms with Gasteiger partial charge in [-0.2, -0.15) is 0 Å². The molecule has 1 N–H and O–H groups in total. The third-order valence-corrected chi connectivity index (χ3v) is 4.25. The van der Waals surface area contributed by atoms with Crippen LogP contribution in [0.25, 0.3) is 0 Å². The van der Waals surface area contributed by atoms with E-state index in [4.69, 9.17) is 23.2 Å². The molecule has 0 bridgehead atoms. The van der Waals surface area contributed by atoms with Crippen LogP contribution in [-0.4, -0.2) is 29.9 Å². The largest absolute Gasteiger partial charge is 0.325 e. The van der Waals surface area contributed by atoms with Gasteiger partial charge in [0.2, 0.25) is 5.91 Å². The smallest absolute Gasteiger partial charge is 0.225 e. The Bertz CT molecular complexity index is 473.